The van der Waals surface area contributed by atoms with Crippen molar-refractivity contribution in [3.63, 3.8) is 0 Å². The molecule has 0 unspecified atom stereocenters. The molecule has 30 heavy (non-hydrogen) atoms. The zero-order valence-corrected chi connectivity index (χ0v) is 17.0. The molecule has 6 rings (SSSR count). The van der Waals surface area contributed by atoms with Crippen molar-refractivity contribution < 1.29 is 4.42 Å². The maximum absolute atomic E-state index is 6.61. The maximum atomic E-state index is 6.61. The van der Waals surface area contributed by atoms with E-state index in [-0.39, 0.29) is 5.41 Å². The number of nitrogens with two attached hydrogens (primary N) is 1. The van der Waals surface area contributed by atoms with Gasteiger partial charge in [0.15, 0.2) is 0 Å². The van der Waals surface area contributed by atoms with Crippen LogP contribution in [0.4, 0.5) is 11.4 Å². The zero-order valence-electron chi connectivity index (χ0n) is 17.0. The molecule has 0 atom stereocenters. The van der Waals surface area contributed by atoms with Gasteiger partial charge < -0.3 is 4.42 Å². The summed E-state index contributed by atoms with van der Waals surface area (Å²) < 4.78 is 5.96. The van der Waals surface area contributed by atoms with Gasteiger partial charge in [-0.15, -0.1) is 0 Å². The summed E-state index contributed by atoms with van der Waals surface area (Å²) in [4.78, 5) is 0. The summed E-state index contributed by atoms with van der Waals surface area (Å²) in [5.74, 6) is 6.61. The normalized spacial score (nSPS) is 14.1. The Balaban J connectivity index is 1.46. The van der Waals surface area contributed by atoms with Gasteiger partial charge in [0.1, 0.15) is 11.2 Å². The number of benzene rings is 4. The van der Waals surface area contributed by atoms with E-state index in [9.17, 15) is 0 Å². The highest BCUT2D eigenvalue weighted by atomic mass is 16.3. The minimum atomic E-state index is -0.0481. The van der Waals surface area contributed by atoms with Crippen LogP contribution in [0.1, 0.15) is 25.0 Å². The van der Waals surface area contributed by atoms with Crippen molar-refractivity contribution >= 4 is 33.3 Å². The molecular weight excluding hydrogens is 368 g/mol. The largest absolute Gasteiger partial charge is 0.456 e. The highest BCUT2D eigenvalue weighted by Crippen LogP contribution is 2.49. The number of hydrazine groups is 1. The second-order valence-corrected chi connectivity index (χ2v) is 8.55. The SMILES string of the molecule is CC1(C)c2ccccc2-c2ccc(N(N)c3ccc4oc5ccccc5c4c3)cc21. The van der Waals surface area contributed by atoms with Crippen molar-refractivity contribution in [1.82, 2.24) is 0 Å². The fraction of sp³-hybridized carbons (Fsp3) is 0.111. The Morgan fingerprint density at radius 1 is 0.667 bits per heavy atom. The van der Waals surface area contributed by atoms with E-state index >= 15 is 0 Å². The first kappa shape index (κ1) is 17.3. The molecule has 4 aromatic carbocycles. The van der Waals surface area contributed by atoms with Crippen LogP contribution in [0.5, 0.6) is 0 Å². The Hall–Kier alpha value is -3.56. The van der Waals surface area contributed by atoms with E-state index in [1.807, 2.05) is 30.3 Å². The Bertz CT molecular complexity index is 1440. The predicted molar refractivity (Wildman–Crippen MR) is 124 cm³/mol. The average Bonchev–Trinajstić information content (AvgIpc) is 3.26. The molecule has 3 heteroatoms. The molecule has 3 nitrogen and oxygen atoms in total. The van der Waals surface area contributed by atoms with Gasteiger partial charge in [-0.2, -0.15) is 0 Å². The van der Waals surface area contributed by atoms with Gasteiger partial charge in [0, 0.05) is 16.2 Å². The number of para-hydroxylation sites is 1. The van der Waals surface area contributed by atoms with Crippen molar-refractivity contribution in [2.75, 3.05) is 5.01 Å². The molecule has 146 valence electrons. The molecule has 0 bridgehead atoms. The smallest absolute Gasteiger partial charge is 0.135 e. The highest BCUT2D eigenvalue weighted by molar-refractivity contribution is 6.06. The van der Waals surface area contributed by atoms with Gasteiger partial charge >= 0.3 is 0 Å². The zero-order chi connectivity index (χ0) is 20.5. The highest BCUT2D eigenvalue weighted by Gasteiger charge is 2.35. The Kier molecular flexibility index (Phi) is 3.45. The predicted octanol–water partition coefficient (Wildman–Crippen LogP) is 6.90. The Morgan fingerprint density at radius 3 is 2.23 bits per heavy atom. The van der Waals surface area contributed by atoms with Crippen LogP contribution >= 0.6 is 0 Å². The van der Waals surface area contributed by atoms with Gasteiger partial charge in [-0.3, -0.25) is 5.01 Å². The topological polar surface area (TPSA) is 42.4 Å². The van der Waals surface area contributed by atoms with Crippen molar-refractivity contribution in [3.8, 4) is 11.1 Å². The van der Waals surface area contributed by atoms with Crippen LogP contribution in [0.15, 0.2) is 89.3 Å². The molecular formula is C27H22N2O. The first-order valence-electron chi connectivity index (χ1n) is 10.2. The summed E-state index contributed by atoms with van der Waals surface area (Å²) in [5, 5.41) is 3.95. The second kappa shape index (κ2) is 5.97. The summed E-state index contributed by atoms with van der Waals surface area (Å²) in [5.41, 5.74) is 8.92. The van der Waals surface area contributed by atoms with Crippen molar-refractivity contribution in [2.24, 2.45) is 5.84 Å². The van der Waals surface area contributed by atoms with E-state index < -0.39 is 0 Å². The monoisotopic (exact) mass is 390 g/mol. The van der Waals surface area contributed by atoms with Gasteiger partial charge in [0.2, 0.25) is 0 Å². The molecule has 5 aromatic rings. The summed E-state index contributed by atoms with van der Waals surface area (Å²) >= 11 is 0. The molecule has 0 saturated carbocycles. The fourth-order valence-corrected chi connectivity index (χ4v) is 4.86. The molecule has 0 aliphatic heterocycles. The van der Waals surface area contributed by atoms with E-state index in [1.165, 1.54) is 22.3 Å². The molecule has 0 fully saturated rings. The minimum Gasteiger partial charge on any atom is -0.456 e. The van der Waals surface area contributed by atoms with E-state index in [0.717, 1.165) is 33.3 Å². The first-order chi connectivity index (χ1) is 14.5. The van der Waals surface area contributed by atoms with Gasteiger partial charge in [-0.05, 0) is 58.7 Å². The van der Waals surface area contributed by atoms with Crippen molar-refractivity contribution in [3.05, 3.63) is 96.1 Å². The van der Waals surface area contributed by atoms with E-state index in [4.69, 9.17) is 10.3 Å². The standard InChI is InChI=1S/C27H22N2O/c1-27(2)23-9-5-3-7-19(23)20-13-11-18(16-24(20)27)29(28)17-12-14-26-22(15-17)21-8-4-6-10-25(21)30-26/h3-16H,28H2,1-2H3. The number of furan rings is 1. The lowest BCUT2D eigenvalue weighted by Crippen LogP contribution is -2.25. The number of nitrogens with zero attached hydrogens (tertiary/aromatic N) is 1. The third-order valence-electron chi connectivity index (χ3n) is 6.48. The third-order valence-corrected chi connectivity index (χ3v) is 6.48. The van der Waals surface area contributed by atoms with E-state index in [0.29, 0.717) is 0 Å². The number of hydrogen-bond donors (Lipinski definition) is 1. The molecule has 1 heterocycles. The fourth-order valence-electron chi connectivity index (χ4n) is 4.86. The molecule has 1 aromatic heterocycles. The molecule has 2 N–H and O–H groups in total. The average molecular weight is 390 g/mol. The Labute approximate surface area is 175 Å². The van der Waals surface area contributed by atoms with Crippen LogP contribution < -0.4 is 10.9 Å². The Morgan fingerprint density at radius 2 is 1.33 bits per heavy atom. The molecule has 0 saturated heterocycles. The van der Waals surface area contributed by atoms with Gasteiger partial charge in [0.25, 0.3) is 0 Å². The van der Waals surface area contributed by atoms with Crippen molar-refractivity contribution in [1.29, 1.82) is 0 Å². The lowest BCUT2D eigenvalue weighted by molar-refractivity contribution is 0.660. The lowest BCUT2D eigenvalue weighted by Gasteiger charge is -2.24. The number of anilines is 2. The quantitative estimate of drug-likeness (QED) is 0.263. The molecule has 1 aliphatic rings. The minimum absolute atomic E-state index is 0.0481. The first-order valence-corrected chi connectivity index (χ1v) is 10.2. The lowest BCUT2D eigenvalue weighted by atomic mass is 9.82. The van der Waals surface area contributed by atoms with Gasteiger partial charge in [-0.1, -0.05) is 62.4 Å². The summed E-state index contributed by atoms with van der Waals surface area (Å²) in [7, 11) is 0. The van der Waals surface area contributed by atoms with Crippen LogP contribution in [0.25, 0.3) is 33.1 Å². The number of hydrogen-bond acceptors (Lipinski definition) is 3. The molecule has 0 spiro atoms. The molecule has 1 aliphatic carbocycles. The second-order valence-electron chi connectivity index (χ2n) is 8.55. The number of rotatable bonds is 2. The van der Waals surface area contributed by atoms with Gasteiger partial charge in [-0.25, -0.2) is 5.84 Å². The summed E-state index contributed by atoms with van der Waals surface area (Å²) in [6, 6.07) is 29.4. The summed E-state index contributed by atoms with van der Waals surface area (Å²) in [6.07, 6.45) is 0. The van der Waals surface area contributed by atoms with Crippen LogP contribution in [0.3, 0.4) is 0 Å². The summed E-state index contributed by atoms with van der Waals surface area (Å²) in [6.45, 7) is 4.57. The van der Waals surface area contributed by atoms with E-state index in [1.54, 1.807) is 5.01 Å². The maximum Gasteiger partial charge on any atom is 0.135 e. The van der Waals surface area contributed by atoms with Crippen LogP contribution in [-0.2, 0) is 5.41 Å². The van der Waals surface area contributed by atoms with Gasteiger partial charge in [0.05, 0.1) is 11.4 Å². The van der Waals surface area contributed by atoms with Crippen LogP contribution in [0, 0.1) is 0 Å². The molecule has 0 amide bonds. The van der Waals surface area contributed by atoms with E-state index in [2.05, 4.69) is 68.4 Å². The molecule has 0 radical (unpaired) electrons. The van der Waals surface area contributed by atoms with Crippen LogP contribution in [-0.4, -0.2) is 0 Å². The third kappa shape index (κ3) is 2.30. The van der Waals surface area contributed by atoms with Crippen LogP contribution in [0.2, 0.25) is 0 Å². The van der Waals surface area contributed by atoms with Crippen molar-refractivity contribution in [2.45, 2.75) is 19.3 Å². The number of fused-ring (bicyclic) bond motifs is 6.